The summed E-state index contributed by atoms with van der Waals surface area (Å²) in [6, 6.07) is 6.11. The second-order valence-electron chi connectivity index (χ2n) is 9.42. The SMILES string of the molecule is CN(C(=O)Cc1ccc(Cl)c(Cl)c1)[C@@H]1CC[C@@]2(CCCO2)C[C@H]1N1CCCC1.CS(=O)(=O)O. The van der Waals surface area contributed by atoms with E-state index in [4.69, 9.17) is 32.5 Å². The van der Waals surface area contributed by atoms with Gasteiger partial charge in [-0.1, -0.05) is 29.3 Å². The van der Waals surface area contributed by atoms with Crippen LogP contribution in [0.4, 0.5) is 0 Å². The predicted molar refractivity (Wildman–Crippen MR) is 131 cm³/mol. The Kier molecular flexibility index (Phi) is 9.08. The monoisotopic (exact) mass is 520 g/mol. The number of halogens is 2. The van der Waals surface area contributed by atoms with Crippen LogP contribution >= 0.6 is 23.2 Å². The lowest BCUT2D eigenvalue weighted by Crippen LogP contribution is -2.58. The third-order valence-corrected chi connectivity index (χ3v) is 7.68. The van der Waals surface area contributed by atoms with E-state index in [9.17, 15) is 13.2 Å². The Morgan fingerprint density at radius 2 is 1.88 bits per heavy atom. The molecule has 0 radical (unpaired) electrons. The molecule has 3 atom stereocenters. The van der Waals surface area contributed by atoms with E-state index in [1.54, 1.807) is 12.1 Å². The highest BCUT2D eigenvalue weighted by molar-refractivity contribution is 7.85. The second kappa shape index (κ2) is 11.2. The summed E-state index contributed by atoms with van der Waals surface area (Å²) in [4.78, 5) is 17.7. The van der Waals surface area contributed by atoms with E-state index in [1.165, 1.54) is 25.7 Å². The molecular weight excluding hydrogens is 487 g/mol. The highest BCUT2D eigenvalue weighted by atomic mass is 35.5. The zero-order valence-corrected chi connectivity index (χ0v) is 21.6. The second-order valence-corrected chi connectivity index (χ2v) is 11.7. The first-order valence-electron chi connectivity index (χ1n) is 11.5. The number of hydrogen-bond acceptors (Lipinski definition) is 5. The number of rotatable bonds is 4. The van der Waals surface area contributed by atoms with E-state index in [0.29, 0.717) is 28.8 Å². The van der Waals surface area contributed by atoms with E-state index >= 15 is 0 Å². The molecule has 7 nitrogen and oxygen atoms in total. The van der Waals surface area contributed by atoms with Crippen molar-refractivity contribution in [2.75, 3.05) is 33.0 Å². The maximum absolute atomic E-state index is 13.1. The van der Waals surface area contributed by atoms with Gasteiger partial charge in [-0.05, 0) is 75.7 Å². The van der Waals surface area contributed by atoms with Gasteiger partial charge in [-0.2, -0.15) is 8.42 Å². The Hall–Kier alpha value is -0.900. The fraction of sp³-hybridized carbons (Fsp3) is 0.696. The van der Waals surface area contributed by atoms with E-state index in [0.717, 1.165) is 44.5 Å². The minimum absolute atomic E-state index is 0.0529. The topological polar surface area (TPSA) is 87.2 Å². The van der Waals surface area contributed by atoms with E-state index in [1.807, 2.05) is 18.0 Å². The summed E-state index contributed by atoms with van der Waals surface area (Å²) in [5, 5.41) is 1.03. The number of benzene rings is 1. The fourth-order valence-electron chi connectivity index (χ4n) is 5.37. The van der Waals surface area contributed by atoms with Gasteiger partial charge in [-0.3, -0.25) is 14.2 Å². The van der Waals surface area contributed by atoms with Gasteiger partial charge in [-0.15, -0.1) is 0 Å². The van der Waals surface area contributed by atoms with Gasteiger partial charge in [0.25, 0.3) is 10.1 Å². The van der Waals surface area contributed by atoms with Crippen LogP contribution in [0.1, 0.15) is 50.5 Å². The van der Waals surface area contributed by atoms with Crippen molar-refractivity contribution in [2.45, 2.75) is 69.1 Å². The number of amides is 1. The molecule has 1 saturated carbocycles. The predicted octanol–water partition coefficient (Wildman–Crippen LogP) is 4.06. The minimum Gasteiger partial charge on any atom is -0.375 e. The number of likely N-dealkylation sites (tertiary alicyclic amines) is 1. The third-order valence-electron chi connectivity index (χ3n) is 6.95. The molecule has 0 bridgehead atoms. The molecule has 33 heavy (non-hydrogen) atoms. The number of hydrogen-bond donors (Lipinski definition) is 1. The molecule has 1 aliphatic carbocycles. The van der Waals surface area contributed by atoms with Crippen LogP contribution in [0.5, 0.6) is 0 Å². The molecule has 1 amide bonds. The van der Waals surface area contributed by atoms with Crippen LogP contribution in [-0.4, -0.2) is 79.4 Å². The van der Waals surface area contributed by atoms with E-state index < -0.39 is 10.1 Å². The van der Waals surface area contributed by atoms with E-state index in [2.05, 4.69) is 4.90 Å². The van der Waals surface area contributed by atoms with Crippen molar-refractivity contribution in [3.8, 4) is 0 Å². The van der Waals surface area contributed by atoms with Crippen LogP contribution in [0.3, 0.4) is 0 Å². The van der Waals surface area contributed by atoms with Crippen molar-refractivity contribution >= 4 is 39.2 Å². The van der Waals surface area contributed by atoms with Crippen LogP contribution in [0, 0.1) is 0 Å². The molecule has 2 heterocycles. The Bertz CT molecular complexity index is 923. The lowest BCUT2D eigenvalue weighted by atomic mass is 9.76. The summed E-state index contributed by atoms with van der Waals surface area (Å²) in [6.45, 7) is 3.18. The van der Waals surface area contributed by atoms with E-state index in [-0.39, 0.29) is 17.6 Å². The summed E-state index contributed by atoms with van der Waals surface area (Å²) in [6.07, 6.45) is 9.08. The molecule has 1 aromatic rings. The van der Waals surface area contributed by atoms with Crippen molar-refractivity contribution in [3.63, 3.8) is 0 Å². The number of nitrogens with zero attached hydrogens (tertiary/aromatic N) is 2. The molecule has 10 heteroatoms. The van der Waals surface area contributed by atoms with Crippen LogP contribution < -0.4 is 0 Å². The van der Waals surface area contributed by atoms with Crippen molar-refractivity contribution in [1.29, 1.82) is 0 Å². The first-order valence-corrected chi connectivity index (χ1v) is 14.1. The van der Waals surface area contributed by atoms with Gasteiger partial charge in [0.05, 0.1) is 28.3 Å². The van der Waals surface area contributed by atoms with Crippen LogP contribution in [0.2, 0.25) is 10.0 Å². The Morgan fingerprint density at radius 1 is 1.21 bits per heavy atom. The van der Waals surface area contributed by atoms with Crippen molar-refractivity contribution < 1.29 is 22.5 Å². The zero-order valence-electron chi connectivity index (χ0n) is 19.3. The van der Waals surface area contributed by atoms with Crippen molar-refractivity contribution in [3.05, 3.63) is 33.8 Å². The summed E-state index contributed by atoms with van der Waals surface area (Å²) < 4.78 is 32.1. The molecular formula is C23H34Cl2N2O5S. The third kappa shape index (κ3) is 7.54. The van der Waals surface area contributed by atoms with Gasteiger partial charge < -0.3 is 9.64 Å². The number of likely N-dealkylation sites (N-methyl/N-ethyl adjacent to an activating group) is 1. The first kappa shape index (κ1) is 26.7. The smallest absolute Gasteiger partial charge is 0.261 e. The molecule has 0 unspecified atom stereocenters. The molecule has 0 aromatic heterocycles. The fourth-order valence-corrected chi connectivity index (χ4v) is 5.69. The molecule has 1 N–H and O–H groups in total. The Labute approximate surface area is 207 Å². The molecule has 1 aromatic carbocycles. The van der Waals surface area contributed by atoms with Gasteiger partial charge in [-0.25, -0.2) is 0 Å². The first-order chi connectivity index (χ1) is 15.5. The largest absolute Gasteiger partial charge is 0.375 e. The zero-order chi connectivity index (χ0) is 24.2. The van der Waals surface area contributed by atoms with Crippen molar-refractivity contribution in [2.24, 2.45) is 0 Å². The van der Waals surface area contributed by atoms with Gasteiger partial charge in [0.15, 0.2) is 0 Å². The summed E-state index contributed by atoms with van der Waals surface area (Å²) in [5.74, 6) is 0.149. The van der Waals surface area contributed by atoms with Gasteiger partial charge in [0.2, 0.25) is 5.91 Å². The average molecular weight is 522 g/mol. The normalized spacial score (nSPS) is 27.9. The molecule has 2 aliphatic heterocycles. The maximum atomic E-state index is 13.1. The number of carbonyl (C=O) groups is 1. The van der Waals surface area contributed by atoms with Crippen LogP contribution in [-0.2, 0) is 26.1 Å². The molecule has 2 saturated heterocycles. The van der Waals surface area contributed by atoms with Gasteiger partial charge in [0.1, 0.15) is 0 Å². The summed E-state index contributed by atoms with van der Waals surface area (Å²) >= 11 is 12.1. The highest BCUT2D eigenvalue weighted by Gasteiger charge is 2.47. The van der Waals surface area contributed by atoms with Crippen molar-refractivity contribution in [1.82, 2.24) is 9.80 Å². The molecule has 4 rings (SSSR count). The Morgan fingerprint density at radius 3 is 2.45 bits per heavy atom. The molecule has 3 fully saturated rings. The average Bonchev–Trinajstić information content (AvgIpc) is 3.42. The molecule has 3 aliphatic rings. The lowest BCUT2D eigenvalue weighted by Gasteiger charge is -2.48. The lowest BCUT2D eigenvalue weighted by molar-refractivity contribution is -0.136. The van der Waals surface area contributed by atoms with Crippen LogP contribution in [0.25, 0.3) is 0 Å². The van der Waals surface area contributed by atoms with Gasteiger partial charge >= 0.3 is 0 Å². The minimum atomic E-state index is -3.67. The molecule has 186 valence electrons. The summed E-state index contributed by atoms with van der Waals surface area (Å²) in [7, 11) is -1.69. The maximum Gasteiger partial charge on any atom is 0.261 e. The highest BCUT2D eigenvalue weighted by Crippen LogP contribution is 2.43. The number of carbonyl (C=O) groups excluding carboxylic acids is 1. The summed E-state index contributed by atoms with van der Waals surface area (Å²) in [5.41, 5.74) is 0.965. The Balaban J connectivity index is 0.000000555. The van der Waals surface area contributed by atoms with Crippen LogP contribution in [0.15, 0.2) is 18.2 Å². The van der Waals surface area contributed by atoms with Gasteiger partial charge in [0, 0.05) is 25.7 Å². The standard InChI is InChI=1S/C22H30Cl2N2O2.CH4O3S/c1-25(21(27)14-16-5-6-17(23)18(24)13-16)19-7-9-22(8-4-12-28-22)15-20(19)26-10-2-3-11-26;1-5(2,3)4/h5-6,13,19-20H,2-4,7-12,14-15H2,1H3;1H3,(H,2,3,4)/t19-,20-,22+;/m1./s1. The number of ether oxygens (including phenoxy) is 1. The molecule has 1 spiro atoms. The quantitative estimate of drug-likeness (QED) is 0.602.